The highest BCUT2D eigenvalue weighted by atomic mass is 35.5. The van der Waals surface area contributed by atoms with Crippen molar-refractivity contribution in [3.8, 4) is 0 Å². The summed E-state index contributed by atoms with van der Waals surface area (Å²) < 4.78 is 22.1. The molecule has 0 saturated carbocycles. The molecule has 0 aliphatic carbocycles. The molecule has 1 rings (SSSR count). The van der Waals surface area contributed by atoms with Crippen molar-refractivity contribution in [1.29, 1.82) is 0 Å². The molecule has 4 nitrogen and oxygen atoms in total. The van der Waals surface area contributed by atoms with Gasteiger partial charge < -0.3 is 8.84 Å². The van der Waals surface area contributed by atoms with Gasteiger partial charge in [0, 0.05) is 6.72 Å². The van der Waals surface area contributed by atoms with Crippen LogP contribution in [0.3, 0.4) is 0 Å². The molecule has 0 aliphatic rings. The van der Waals surface area contributed by atoms with Gasteiger partial charge in [0.15, 0.2) is 0 Å². The number of allylic oxidation sites excluding steroid dienone is 1. The van der Waals surface area contributed by atoms with Crippen LogP contribution in [0, 0.1) is 0 Å². The van der Waals surface area contributed by atoms with Crippen molar-refractivity contribution >= 4 is 37.8 Å². The third-order valence-corrected chi connectivity index (χ3v) is 11.0. The molecule has 0 bridgehead atoms. The molecule has 0 N–H and O–H groups in total. The van der Waals surface area contributed by atoms with Crippen LogP contribution in [0.1, 0.15) is 74.8 Å². The van der Waals surface area contributed by atoms with Crippen LogP contribution < -0.4 is 5.19 Å². The van der Waals surface area contributed by atoms with Crippen LogP contribution in [-0.2, 0) is 16.1 Å². The second-order valence-corrected chi connectivity index (χ2v) is 16.2. The summed E-state index contributed by atoms with van der Waals surface area (Å²) in [5.74, 6) is -0.173. The monoisotopic (exact) mass is 468 g/mol. The van der Waals surface area contributed by atoms with E-state index in [9.17, 15) is 4.79 Å². The van der Waals surface area contributed by atoms with E-state index in [1.54, 1.807) is 6.92 Å². The zero-order valence-electron chi connectivity index (χ0n) is 20.7. The molecule has 1 amide bonds. The Labute approximate surface area is 193 Å². The number of hydrogen-bond acceptors (Lipinski definition) is 3. The number of hydrazone groups is 1. The molecule has 1 aromatic rings. The lowest BCUT2D eigenvalue weighted by atomic mass is 10.1. The lowest BCUT2D eigenvalue weighted by molar-refractivity contribution is -0.131. The Morgan fingerprint density at radius 1 is 1.06 bits per heavy atom. The third-order valence-electron chi connectivity index (χ3n) is 5.34. The smallest absolute Gasteiger partial charge is 0.289 e. The van der Waals surface area contributed by atoms with Crippen LogP contribution in [0.5, 0.6) is 0 Å². The Morgan fingerprint density at radius 3 is 1.87 bits per heavy atom. The van der Waals surface area contributed by atoms with Gasteiger partial charge in [0.1, 0.15) is 17.4 Å². The highest BCUT2D eigenvalue weighted by Gasteiger charge is 2.56. The summed E-state index contributed by atoms with van der Waals surface area (Å²) in [5.41, 5.74) is 0.312. The number of nitrogens with zero attached hydrogens (tertiary/aromatic N) is 2. The number of benzene rings is 1. The fourth-order valence-electron chi connectivity index (χ4n) is 3.90. The molecule has 0 spiro atoms. The maximum atomic E-state index is 16.4. The quantitative estimate of drug-likeness (QED) is 0.117. The number of amides is 1. The van der Waals surface area contributed by atoms with E-state index in [1.807, 2.05) is 86.6 Å². The Morgan fingerprint density at radius 2 is 1.52 bits per heavy atom. The van der Waals surface area contributed by atoms with Gasteiger partial charge in [-0.15, -0.1) is 0 Å². The minimum atomic E-state index is -3.30. The van der Waals surface area contributed by atoms with Crippen molar-refractivity contribution in [2.45, 2.75) is 91.5 Å². The molecule has 0 radical (unpaired) electrons. The first-order valence-corrected chi connectivity index (χ1v) is 12.7. The van der Waals surface area contributed by atoms with Gasteiger partial charge in [0.25, 0.3) is 14.3 Å². The lowest BCUT2D eigenvalue weighted by Gasteiger charge is -2.44. The van der Waals surface area contributed by atoms with E-state index >= 15 is 4.11 Å². The summed E-state index contributed by atoms with van der Waals surface area (Å²) in [6, 6.07) is 7.50. The van der Waals surface area contributed by atoms with E-state index < -0.39 is 29.9 Å². The second-order valence-electron chi connectivity index (χ2n) is 10.9. The Balaban J connectivity index is 3.06. The number of carbonyl (C=O) groups is 1. The topological polar surface area (TPSA) is 41.9 Å². The maximum Gasteiger partial charge on any atom is 0.289 e. The molecular formula is C24H38ClFN2O2Si. The van der Waals surface area contributed by atoms with Crippen LogP contribution in [0.2, 0.25) is 10.1 Å². The van der Waals surface area contributed by atoms with Crippen LogP contribution in [0.25, 0.3) is 0 Å². The van der Waals surface area contributed by atoms with Gasteiger partial charge in [-0.25, -0.2) is 5.01 Å². The molecule has 0 atom stereocenters. The predicted molar refractivity (Wildman–Crippen MR) is 132 cm³/mol. The minimum Gasteiger partial charge on any atom is -0.492 e. The summed E-state index contributed by atoms with van der Waals surface area (Å²) in [4.78, 5) is 12.6. The molecule has 0 heterocycles. The summed E-state index contributed by atoms with van der Waals surface area (Å²) in [7, 11) is -3.30. The Hall–Kier alpha value is -1.66. The fourth-order valence-corrected chi connectivity index (χ4v) is 8.64. The Bertz CT molecular complexity index is 817. The molecule has 174 valence electrons. The number of rotatable bonds is 6. The zero-order chi connectivity index (χ0) is 24.4. The molecule has 0 aromatic heterocycles. The average Bonchev–Trinajstić information content (AvgIpc) is 2.62. The lowest BCUT2D eigenvalue weighted by Crippen LogP contribution is -2.57. The summed E-state index contributed by atoms with van der Waals surface area (Å²) in [6.45, 7) is 22.7. The molecule has 0 saturated heterocycles. The molecule has 0 fully saturated rings. The van der Waals surface area contributed by atoms with E-state index in [0.29, 0.717) is 5.76 Å². The third kappa shape index (κ3) is 5.98. The van der Waals surface area contributed by atoms with Gasteiger partial charge in [-0.2, -0.15) is 5.10 Å². The van der Waals surface area contributed by atoms with Gasteiger partial charge in [-0.05, 0) is 48.5 Å². The first-order valence-electron chi connectivity index (χ1n) is 10.5. The van der Waals surface area contributed by atoms with Crippen molar-refractivity contribution in [2.75, 3.05) is 0 Å². The van der Waals surface area contributed by atoms with E-state index in [1.165, 1.54) is 5.01 Å². The summed E-state index contributed by atoms with van der Waals surface area (Å²) in [6.07, 6.45) is 0. The van der Waals surface area contributed by atoms with Crippen molar-refractivity contribution in [1.82, 2.24) is 5.01 Å². The molecule has 0 aliphatic heterocycles. The highest BCUT2D eigenvalue weighted by Crippen LogP contribution is 2.51. The van der Waals surface area contributed by atoms with E-state index in [2.05, 4.69) is 11.8 Å². The Kier molecular flexibility index (Phi) is 8.34. The van der Waals surface area contributed by atoms with Crippen molar-refractivity contribution in [3.05, 3.63) is 40.6 Å². The van der Waals surface area contributed by atoms with Crippen LogP contribution in [-0.4, -0.2) is 31.6 Å². The van der Waals surface area contributed by atoms with Crippen molar-refractivity contribution in [3.63, 3.8) is 0 Å². The predicted octanol–water partition coefficient (Wildman–Crippen LogP) is 6.64. The first-order chi connectivity index (χ1) is 13.9. The standard InChI is InChI=1S/C24H38ClFN2O2Si/c1-17(20(25)21(29)28(27-11)22(2,3)4)30-16-18-12-14-19(15-13-18)31(26,23(5,6)7)24(8,9)10/h12-15H,11,16H2,1-10H3/b20-17-. The number of carbonyl (C=O) groups excluding carboxylic acids is 1. The normalized spacial score (nSPS) is 14.1. The van der Waals surface area contributed by atoms with Gasteiger partial charge in [0.05, 0.1) is 5.54 Å². The summed E-state index contributed by atoms with van der Waals surface area (Å²) in [5, 5.41) is 4.86. The largest absolute Gasteiger partial charge is 0.492 e. The van der Waals surface area contributed by atoms with E-state index in [4.69, 9.17) is 16.3 Å². The van der Waals surface area contributed by atoms with Gasteiger partial charge in [-0.1, -0.05) is 77.4 Å². The molecule has 31 heavy (non-hydrogen) atoms. The highest BCUT2D eigenvalue weighted by molar-refractivity contribution is 6.90. The maximum absolute atomic E-state index is 16.4. The minimum absolute atomic E-state index is 0.0467. The zero-order valence-corrected chi connectivity index (χ0v) is 22.4. The van der Waals surface area contributed by atoms with Gasteiger partial charge in [-0.3, -0.25) is 4.79 Å². The van der Waals surface area contributed by atoms with E-state index in [-0.39, 0.29) is 11.6 Å². The first kappa shape index (κ1) is 27.4. The van der Waals surface area contributed by atoms with Crippen LogP contribution >= 0.6 is 11.6 Å². The fraction of sp³-hybridized carbons (Fsp3) is 0.583. The molecular weight excluding hydrogens is 431 g/mol. The van der Waals surface area contributed by atoms with Crippen LogP contribution in [0.15, 0.2) is 40.2 Å². The molecule has 7 heteroatoms. The van der Waals surface area contributed by atoms with E-state index in [0.717, 1.165) is 10.8 Å². The molecule has 1 aromatic carbocycles. The van der Waals surface area contributed by atoms with Crippen molar-refractivity contribution < 1.29 is 13.6 Å². The van der Waals surface area contributed by atoms with Gasteiger partial charge >= 0.3 is 0 Å². The second kappa shape index (κ2) is 9.45. The summed E-state index contributed by atoms with van der Waals surface area (Å²) >= 11 is 6.24. The number of ether oxygens (including phenoxy) is 1. The van der Waals surface area contributed by atoms with Gasteiger partial charge in [0.2, 0.25) is 0 Å². The SMILES string of the molecule is C=NN(C(=O)/C(Cl)=C(\C)OCc1ccc([Si](F)(C(C)(C)C)C(C)(C)C)cc1)C(C)(C)C. The molecule has 0 unspecified atom stereocenters. The van der Waals surface area contributed by atoms with Crippen LogP contribution in [0.4, 0.5) is 4.11 Å². The number of halogens is 2. The number of hydrogen-bond donors (Lipinski definition) is 0. The van der Waals surface area contributed by atoms with Crippen molar-refractivity contribution in [2.24, 2.45) is 5.10 Å². The average molecular weight is 469 g/mol.